The highest BCUT2D eigenvalue weighted by Crippen LogP contribution is 2.11. The van der Waals surface area contributed by atoms with E-state index < -0.39 is 0 Å². The Morgan fingerprint density at radius 1 is 1.21 bits per heavy atom. The molecule has 14 heavy (non-hydrogen) atoms. The number of pyridine rings is 1. The molecular weight excluding hydrogens is 287 g/mol. The minimum Gasteiger partial charge on any atom is -1.00 e. The van der Waals surface area contributed by atoms with Gasteiger partial charge in [0.15, 0.2) is 18.4 Å². The standard InChI is InChI=1S/C11H15N2.HI/c1-12-7-5-6-11(10-12)13-8-3-2-4-9-13;/h2-5,7-9,11H,6,10H2,1H3;1H/q+1;/p-1. The zero-order valence-corrected chi connectivity index (χ0v) is 10.5. The van der Waals surface area contributed by atoms with Crippen molar-refractivity contribution in [1.29, 1.82) is 0 Å². The first-order chi connectivity index (χ1) is 6.36. The first-order valence-corrected chi connectivity index (χ1v) is 4.69. The molecule has 1 atom stereocenters. The van der Waals surface area contributed by atoms with Crippen LogP contribution < -0.4 is 28.5 Å². The van der Waals surface area contributed by atoms with Gasteiger partial charge in [0.25, 0.3) is 0 Å². The molecule has 0 saturated heterocycles. The molecule has 1 aromatic rings. The van der Waals surface area contributed by atoms with Crippen LogP contribution >= 0.6 is 0 Å². The Morgan fingerprint density at radius 2 is 1.93 bits per heavy atom. The van der Waals surface area contributed by atoms with Crippen LogP contribution in [0.3, 0.4) is 0 Å². The number of halogens is 1. The first kappa shape index (κ1) is 11.5. The van der Waals surface area contributed by atoms with Crippen LogP contribution in [-0.4, -0.2) is 18.5 Å². The summed E-state index contributed by atoms with van der Waals surface area (Å²) in [5.74, 6) is 0. The SMILES string of the molecule is CN1C=CCC([n+]2ccccc2)C1.[I-]. The van der Waals surface area contributed by atoms with E-state index in [1.807, 2.05) is 0 Å². The first-order valence-electron chi connectivity index (χ1n) is 4.69. The lowest BCUT2D eigenvalue weighted by molar-refractivity contribution is -0.722. The summed E-state index contributed by atoms with van der Waals surface area (Å²) in [4.78, 5) is 2.23. The van der Waals surface area contributed by atoms with Gasteiger partial charge in [0, 0.05) is 25.6 Å². The second kappa shape index (κ2) is 5.34. The molecule has 0 spiro atoms. The van der Waals surface area contributed by atoms with E-state index >= 15 is 0 Å². The summed E-state index contributed by atoms with van der Waals surface area (Å²) < 4.78 is 2.28. The number of likely N-dealkylation sites (N-methyl/N-ethyl adjacent to an activating group) is 1. The summed E-state index contributed by atoms with van der Waals surface area (Å²) in [5, 5.41) is 0. The number of rotatable bonds is 1. The molecular formula is C11H15IN2. The molecule has 1 aliphatic rings. The van der Waals surface area contributed by atoms with Crippen molar-refractivity contribution < 1.29 is 28.5 Å². The van der Waals surface area contributed by atoms with Gasteiger partial charge in [-0.05, 0) is 6.20 Å². The maximum absolute atomic E-state index is 2.28. The third kappa shape index (κ3) is 2.70. The van der Waals surface area contributed by atoms with Gasteiger partial charge < -0.3 is 28.9 Å². The van der Waals surface area contributed by atoms with E-state index in [1.165, 1.54) is 0 Å². The van der Waals surface area contributed by atoms with Gasteiger partial charge in [-0.2, -0.15) is 0 Å². The molecule has 1 aromatic heterocycles. The maximum atomic E-state index is 2.28. The van der Waals surface area contributed by atoms with E-state index in [1.54, 1.807) is 0 Å². The van der Waals surface area contributed by atoms with E-state index in [0.29, 0.717) is 6.04 Å². The molecule has 2 nitrogen and oxygen atoms in total. The number of aromatic nitrogens is 1. The van der Waals surface area contributed by atoms with E-state index in [9.17, 15) is 0 Å². The number of hydrogen-bond acceptors (Lipinski definition) is 1. The summed E-state index contributed by atoms with van der Waals surface area (Å²) >= 11 is 0. The predicted molar refractivity (Wildman–Crippen MR) is 52.1 cm³/mol. The highest BCUT2D eigenvalue weighted by molar-refractivity contribution is 4.90. The van der Waals surface area contributed by atoms with Gasteiger partial charge in [-0.3, -0.25) is 0 Å². The zero-order valence-electron chi connectivity index (χ0n) is 8.31. The fourth-order valence-electron chi connectivity index (χ4n) is 1.74. The molecule has 3 heteroatoms. The van der Waals surface area contributed by atoms with Crippen LogP contribution in [0.2, 0.25) is 0 Å². The van der Waals surface area contributed by atoms with Crippen LogP contribution in [0.25, 0.3) is 0 Å². The average Bonchev–Trinajstić information content (AvgIpc) is 2.19. The Kier molecular flexibility index (Phi) is 4.38. The fraction of sp³-hybridized carbons (Fsp3) is 0.364. The molecule has 1 aliphatic heterocycles. The molecule has 2 rings (SSSR count). The minimum atomic E-state index is 0. The van der Waals surface area contributed by atoms with Gasteiger partial charge in [0.1, 0.15) is 0 Å². The quantitative estimate of drug-likeness (QED) is 0.446. The van der Waals surface area contributed by atoms with E-state index in [2.05, 4.69) is 59.4 Å². The smallest absolute Gasteiger partial charge is 0.178 e. The molecule has 0 N–H and O–H groups in total. The minimum absolute atomic E-state index is 0. The molecule has 0 saturated carbocycles. The Balaban J connectivity index is 0.000000980. The van der Waals surface area contributed by atoms with Crippen LogP contribution in [0.1, 0.15) is 12.5 Å². The van der Waals surface area contributed by atoms with Crippen molar-refractivity contribution in [2.75, 3.05) is 13.6 Å². The van der Waals surface area contributed by atoms with Gasteiger partial charge in [0.2, 0.25) is 0 Å². The molecule has 76 valence electrons. The van der Waals surface area contributed by atoms with E-state index in [4.69, 9.17) is 0 Å². The van der Waals surface area contributed by atoms with Crippen molar-refractivity contribution in [2.24, 2.45) is 0 Å². The lowest BCUT2D eigenvalue weighted by Crippen LogP contribution is -3.00. The van der Waals surface area contributed by atoms with Gasteiger partial charge in [0.05, 0.1) is 6.54 Å². The van der Waals surface area contributed by atoms with Crippen molar-refractivity contribution in [3.8, 4) is 0 Å². The number of hydrogen-bond donors (Lipinski definition) is 0. The molecule has 0 radical (unpaired) electrons. The normalized spacial score (nSPS) is 20.4. The highest BCUT2D eigenvalue weighted by atomic mass is 127. The monoisotopic (exact) mass is 302 g/mol. The van der Waals surface area contributed by atoms with E-state index in [-0.39, 0.29) is 24.0 Å². The number of allylic oxidation sites excluding steroid dienone is 1. The van der Waals surface area contributed by atoms with Crippen molar-refractivity contribution in [3.63, 3.8) is 0 Å². The summed E-state index contributed by atoms with van der Waals surface area (Å²) in [5.41, 5.74) is 0. The topological polar surface area (TPSA) is 7.12 Å². The maximum Gasteiger partial charge on any atom is 0.178 e. The van der Waals surface area contributed by atoms with Crippen LogP contribution in [-0.2, 0) is 0 Å². The summed E-state index contributed by atoms with van der Waals surface area (Å²) in [6.07, 6.45) is 9.79. The second-order valence-corrected chi connectivity index (χ2v) is 3.54. The lowest BCUT2D eigenvalue weighted by atomic mass is 10.1. The van der Waals surface area contributed by atoms with Gasteiger partial charge >= 0.3 is 0 Å². The van der Waals surface area contributed by atoms with Gasteiger partial charge in [-0.1, -0.05) is 12.1 Å². The van der Waals surface area contributed by atoms with Crippen LogP contribution in [0.4, 0.5) is 0 Å². The number of nitrogens with zero attached hydrogens (tertiary/aromatic N) is 2. The van der Waals surface area contributed by atoms with Gasteiger partial charge in [-0.25, -0.2) is 4.57 Å². The average molecular weight is 302 g/mol. The molecule has 0 fully saturated rings. The van der Waals surface area contributed by atoms with Gasteiger partial charge in [-0.15, -0.1) is 0 Å². The van der Waals surface area contributed by atoms with Crippen molar-refractivity contribution in [1.82, 2.24) is 4.90 Å². The molecule has 0 aromatic carbocycles. The Bertz CT molecular complexity index is 297. The molecule has 0 bridgehead atoms. The highest BCUT2D eigenvalue weighted by Gasteiger charge is 2.20. The zero-order chi connectivity index (χ0) is 9.10. The Hall–Kier alpha value is -0.580. The fourth-order valence-corrected chi connectivity index (χ4v) is 1.74. The Labute approximate surface area is 102 Å². The van der Waals surface area contributed by atoms with Crippen molar-refractivity contribution in [3.05, 3.63) is 42.9 Å². The summed E-state index contributed by atoms with van der Waals surface area (Å²) in [7, 11) is 2.12. The van der Waals surface area contributed by atoms with Crippen LogP contribution in [0.5, 0.6) is 0 Å². The summed E-state index contributed by atoms with van der Waals surface area (Å²) in [6, 6.07) is 6.81. The van der Waals surface area contributed by atoms with E-state index in [0.717, 1.165) is 13.0 Å². The Morgan fingerprint density at radius 3 is 2.57 bits per heavy atom. The lowest BCUT2D eigenvalue weighted by Gasteiger charge is -2.22. The largest absolute Gasteiger partial charge is 1.00 e. The van der Waals surface area contributed by atoms with Crippen molar-refractivity contribution >= 4 is 0 Å². The van der Waals surface area contributed by atoms with Crippen LogP contribution in [0, 0.1) is 0 Å². The molecule has 2 heterocycles. The predicted octanol–water partition coefficient (Wildman–Crippen LogP) is -1.63. The molecule has 1 unspecified atom stereocenters. The third-order valence-corrected chi connectivity index (χ3v) is 2.43. The molecule has 0 aliphatic carbocycles. The summed E-state index contributed by atoms with van der Waals surface area (Å²) in [6.45, 7) is 1.10. The molecule has 0 amide bonds. The van der Waals surface area contributed by atoms with Crippen LogP contribution in [0.15, 0.2) is 42.9 Å². The second-order valence-electron chi connectivity index (χ2n) is 3.54. The third-order valence-electron chi connectivity index (χ3n) is 2.43. The van der Waals surface area contributed by atoms with Crippen molar-refractivity contribution in [2.45, 2.75) is 12.5 Å².